The Kier molecular flexibility index (Phi) is 15.3. The standard InChI is InChI=1S/C45H59N11O5S/c1-29-36(42(58)53-45-50-31(3)33(5)62-45)11-8-12-38(29)47-17-24-61-26-25-60-23-16-46-15-18-54-19-21-55(22-20-54)35-13-14-39(48-27-35)51-44-49-28-37-30(2)40(32(4)57)43(59)56(41(37)52-44)34-9-6-7-10-34/h8,11-14,27-28,34,46-47H,6-7,9-10,15-26H2,1-5H3,(H,50,53,58)(H,48,49,51,52). The van der Waals surface area contributed by atoms with Gasteiger partial charge in [0.1, 0.15) is 11.5 Å². The van der Waals surface area contributed by atoms with Crippen LogP contribution in [0.5, 0.6) is 0 Å². The molecule has 1 aromatic carbocycles. The number of rotatable bonds is 20. The van der Waals surface area contributed by atoms with E-state index in [1.807, 2.05) is 51.2 Å². The molecule has 1 aliphatic carbocycles. The van der Waals surface area contributed by atoms with Crippen LogP contribution in [0.1, 0.15) is 81.1 Å². The van der Waals surface area contributed by atoms with Gasteiger partial charge in [-0.3, -0.25) is 29.2 Å². The number of fused-ring (bicyclic) bond motifs is 1. The summed E-state index contributed by atoms with van der Waals surface area (Å²) in [6, 6.07) is 9.67. The number of amides is 1. The van der Waals surface area contributed by atoms with Crippen molar-refractivity contribution in [1.29, 1.82) is 0 Å². The van der Waals surface area contributed by atoms with Crippen molar-refractivity contribution >= 4 is 62.3 Å². The molecule has 0 atom stereocenters. The smallest absolute Gasteiger partial charge is 0.263 e. The van der Waals surface area contributed by atoms with Crippen molar-refractivity contribution in [3.63, 3.8) is 0 Å². The molecule has 0 bridgehead atoms. The number of Topliss-reactive ketones (excluding diaryl/α,β-unsaturated/α-hetero) is 1. The Labute approximate surface area is 366 Å². The number of anilines is 5. The maximum atomic E-state index is 13.6. The number of benzene rings is 1. The zero-order valence-corrected chi connectivity index (χ0v) is 37.3. The molecule has 62 heavy (non-hydrogen) atoms. The quantitative estimate of drug-likeness (QED) is 0.0525. The van der Waals surface area contributed by atoms with Gasteiger partial charge in [0.2, 0.25) is 5.95 Å². The van der Waals surface area contributed by atoms with E-state index in [-0.39, 0.29) is 28.9 Å². The summed E-state index contributed by atoms with van der Waals surface area (Å²) >= 11 is 1.48. The fraction of sp³-hybridized carbons (Fsp3) is 0.489. The Bertz CT molecular complexity index is 2370. The number of ketones is 1. The van der Waals surface area contributed by atoms with Crippen molar-refractivity contribution in [2.75, 3.05) is 99.6 Å². The van der Waals surface area contributed by atoms with E-state index in [0.717, 1.165) is 104 Å². The Morgan fingerprint density at radius 1 is 0.855 bits per heavy atom. The molecule has 1 saturated carbocycles. The number of carbonyl (C=O) groups is 2. The van der Waals surface area contributed by atoms with E-state index in [4.69, 9.17) is 14.5 Å². The van der Waals surface area contributed by atoms with Gasteiger partial charge < -0.3 is 30.3 Å². The third-order valence-corrected chi connectivity index (χ3v) is 12.8. The Morgan fingerprint density at radius 3 is 2.31 bits per heavy atom. The van der Waals surface area contributed by atoms with Gasteiger partial charge in [0.25, 0.3) is 11.5 Å². The monoisotopic (exact) mass is 865 g/mol. The summed E-state index contributed by atoms with van der Waals surface area (Å²) in [5, 5.41) is 14.3. The van der Waals surface area contributed by atoms with Crippen molar-refractivity contribution in [3.05, 3.63) is 85.9 Å². The molecule has 1 aliphatic heterocycles. The molecule has 5 aromatic rings. The van der Waals surface area contributed by atoms with Crippen molar-refractivity contribution in [1.82, 2.24) is 34.7 Å². The summed E-state index contributed by atoms with van der Waals surface area (Å²) in [6.07, 6.45) is 7.46. The van der Waals surface area contributed by atoms with Crippen LogP contribution in [-0.2, 0) is 9.47 Å². The zero-order valence-electron chi connectivity index (χ0n) is 36.5. The van der Waals surface area contributed by atoms with Crippen LogP contribution in [-0.4, -0.2) is 120 Å². The van der Waals surface area contributed by atoms with E-state index < -0.39 is 0 Å². The van der Waals surface area contributed by atoms with Crippen LogP contribution in [0.15, 0.2) is 47.5 Å². The van der Waals surface area contributed by atoms with Gasteiger partial charge in [-0.2, -0.15) is 4.98 Å². The van der Waals surface area contributed by atoms with E-state index in [0.29, 0.717) is 66.6 Å². The number of aromatic nitrogens is 5. The highest BCUT2D eigenvalue weighted by Gasteiger charge is 2.26. The van der Waals surface area contributed by atoms with Crippen LogP contribution < -0.4 is 31.7 Å². The van der Waals surface area contributed by atoms with E-state index in [2.05, 4.69) is 52.1 Å². The molecule has 5 heterocycles. The number of nitrogens with zero attached hydrogens (tertiary/aromatic N) is 7. The highest BCUT2D eigenvalue weighted by atomic mass is 32.1. The molecule has 0 spiro atoms. The number of thiazole rings is 1. The van der Waals surface area contributed by atoms with E-state index in [1.54, 1.807) is 17.7 Å². The Hall–Kier alpha value is -5.33. The largest absolute Gasteiger partial charge is 0.382 e. The van der Waals surface area contributed by atoms with Gasteiger partial charge in [0.15, 0.2) is 10.9 Å². The lowest BCUT2D eigenvalue weighted by molar-refractivity contribution is 0.0526. The minimum atomic E-state index is -0.264. The van der Waals surface area contributed by atoms with Gasteiger partial charge in [-0.1, -0.05) is 18.9 Å². The van der Waals surface area contributed by atoms with Crippen LogP contribution in [0.3, 0.4) is 0 Å². The first-order chi connectivity index (χ1) is 30.1. The number of hydrogen-bond acceptors (Lipinski definition) is 15. The minimum absolute atomic E-state index is 0.0213. The van der Waals surface area contributed by atoms with Crippen LogP contribution in [0, 0.1) is 27.7 Å². The maximum Gasteiger partial charge on any atom is 0.263 e. The minimum Gasteiger partial charge on any atom is -0.382 e. The number of nitrogens with one attached hydrogen (secondary N) is 4. The first kappa shape index (κ1) is 44.7. The first-order valence-electron chi connectivity index (χ1n) is 21.7. The summed E-state index contributed by atoms with van der Waals surface area (Å²) in [6.45, 7) is 18.3. The number of ether oxygens (including phenoxy) is 2. The third-order valence-electron chi connectivity index (χ3n) is 11.8. The normalized spacial score (nSPS) is 14.8. The predicted molar refractivity (Wildman–Crippen MR) is 246 cm³/mol. The van der Waals surface area contributed by atoms with Crippen LogP contribution in [0.4, 0.5) is 28.3 Å². The molecule has 4 aromatic heterocycles. The molecule has 0 radical (unpaired) electrons. The van der Waals surface area contributed by atoms with Crippen LogP contribution in [0.25, 0.3) is 11.0 Å². The summed E-state index contributed by atoms with van der Waals surface area (Å²) < 4.78 is 13.2. The number of piperazine rings is 1. The summed E-state index contributed by atoms with van der Waals surface area (Å²) in [4.78, 5) is 63.2. The summed E-state index contributed by atoms with van der Waals surface area (Å²) in [5.74, 6) is 0.575. The molecule has 1 saturated heterocycles. The molecule has 1 amide bonds. The van der Waals surface area contributed by atoms with Crippen LogP contribution in [0.2, 0.25) is 0 Å². The number of carbonyl (C=O) groups excluding carboxylic acids is 2. The molecule has 0 unspecified atom stereocenters. The van der Waals surface area contributed by atoms with Gasteiger partial charge in [-0.25, -0.2) is 15.0 Å². The van der Waals surface area contributed by atoms with Crippen LogP contribution >= 0.6 is 11.3 Å². The highest BCUT2D eigenvalue weighted by Crippen LogP contribution is 2.32. The van der Waals surface area contributed by atoms with Crippen molar-refractivity contribution in [2.24, 2.45) is 0 Å². The molecule has 17 heteroatoms. The lowest BCUT2D eigenvalue weighted by atomic mass is 10.0. The summed E-state index contributed by atoms with van der Waals surface area (Å²) in [5.41, 5.74) is 5.53. The van der Waals surface area contributed by atoms with Gasteiger partial charge in [-0.05, 0) is 82.9 Å². The molecule has 4 N–H and O–H groups in total. The highest BCUT2D eigenvalue weighted by molar-refractivity contribution is 7.15. The summed E-state index contributed by atoms with van der Waals surface area (Å²) in [7, 11) is 0. The number of hydrogen-bond donors (Lipinski definition) is 4. The molecule has 330 valence electrons. The van der Waals surface area contributed by atoms with E-state index in [1.165, 1.54) is 18.3 Å². The number of pyridine rings is 2. The van der Waals surface area contributed by atoms with Crippen molar-refractivity contribution in [2.45, 2.75) is 66.3 Å². The zero-order chi connectivity index (χ0) is 43.6. The molecule has 16 nitrogen and oxygen atoms in total. The van der Waals surface area contributed by atoms with Gasteiger partial charge >= 0.3 is 0 Å². The van der Waals surface area contributed by atoms with Gasteiger partial charge in [0, 0.05) is 86.1 Å². The first-order valence-corrected chi connectivity index (χ1v) is 22.5. The maximum absolute atomic E-state index is 13.6. The van der Waals surface area contributed by atoms with Crippen molar-refractivity contribution < 1.29 is 19.1 Å². The molecule has 2 aliphatic rings. The fourth-order valence-corrected chi connectivity index (χ4v) is 8.96. The van der Waals surface area contributed by atoms with Gasteiger partial charge in [0.05, 0.1) is 49.6 Å². The second-order valence-electron chi connectivity index (χ2n) is 16.0. The Balaban J connectivity index is 0.751. The topological polar surface area (TPSA) is 181 Å². The van der Waals surface area contributed by atoms with Crippen molar-refractivity contribution in [3.8, 4) is 0 Å². The second kappa shape index (κ2) is 21.2. The van der Waals surface area contributed by atoms with E-state index >= 15 is 0 Å². The SMILES string of the molecule is CC(=O)c1c(C)c2cnc(Nc3ccc(N4CCN(CCNCCOCCOCCNc5cccc(C(=O)Nc6nc(C)c(C)s6)c5C)CC4)cn3)nc2n(C2CCCC2)c1=O. The molecule has 7 rings (SSSR count). The average molecular weight is 866 g/mol. The second-order valence-corrected chi connectivity index (χ2v) is 17.2. The number of aryl methyl sites for hydroxylation is 3. The Morgan fingerprint density at radius 2 is 1.61 bits per heavy atom. The molecule has 2 fully saturated rings. The van der Waals surface area contributed by atoms with Gasteiger partial charge in [-0.15, -0.1) is 11.3 Å². The molecular weight excluding hydrogens is 807 g/mol. The average Bonchev–Trinajstić information content (AvgIpc) is 3.90. The van der Waals surface area contributed by atoms with E-state index in [9.17, 15) is 14.4 Å². The molecular formula is C45H59N11O5S. The predicted octanol–water partition coefficient (Wildman–Crippen LogP) is 6.05. The fourth-order valence-electron chi connectivity index (χ4n) is 8.15. The third kappa shape index (κ3) is 11.0. The lowest BCUT2D eigenvalue weighted by Crippen LogP contribution is -2.48. The lowest BCUT2D eigenvalue weighted by Gasteiger charge is -2.36.